The number of hydrogen-bond acceptors (Lipinski definition) is 6. The lowest BCUT2D eigenvalue weighted by molar-refractivity contribution is 0.429. The lowest BCUT2D eigenvalue weighted by atomic mass is 10.2. The van der Waals surface area contributed by atoms with Gasteiger partial charge >= 0.3 is 0 Å². The van der Waals surface area contributed by atoms with Gasteiger partial charge in [-0.3, -0.25) is 0 Å². The van der Waals surface area contributed by atoms with Crippen LogP contribution in [0.3, 0.4) is 0 Å². The van der Waals surface area contributed by atoms with Gasteiger partial charge in [-0.05, 0) is 30.3 Å². The standard InChI is InChI=1S/C13H9FN4O2/c14-8-6-7(3-4-10(8)19)12-17-13(20-18-12)11-9(15)2-1-5-16-11/h1-6,19H,15H2. The topological polar surface area (TPSA) is 98.1 Å². The smallest absolute Gasteiger partial charge is 0.278 e. The van der Waals surface area contributed by atoms with Crippen molar-refractivity contribution in [1.82, 2.24) is 15.1 Å². The fourth-order valence-electron chi connectivity index (χ4n) is 1.68. The Balaban J connectivity index is 2.02. The maximum atomic E-state index is 13.3. The Hall–Kier alpha value is -2.96. The predicted molar refractivity (Wildman–Crippen MR) is 69.0 cm³/mol. The molecule has 7 heteroatoms. The highest BCUT2D eigenvalue weighted by atomic mass is 19.1. The van der Waals surface area contributed by atoms with Crippen molar-refractivity contribution in [1.29, 1.82) is 0 Å². The summed E-state index contributed by atoms with van der Waals surface area (Å²) in [4.78, 5) is 8.17. The van der Waals surface area contributed by atoms with Crippen LogP contribution in [0.5, 0.6) is 5.75 Å². The van der Waals surface area contributed by atoms with E-state index in [9.17, 15) is 4.39 Å². The van der Waals surface area contributed by atoms with Gasteiger partial charge in [-0.2, -0.15) is 4.98 Å². The molecule has 1 aromatic carbocycles. The van der Waals surface area contributed by atoms with Crippen LogP contribution in [0.15, 0.2) is 41.1 Å². The number of rotatable bonds is 2. The van der Waals surface area contributed by atoms with E-state index in [2.05, 4.69) is 15.1 Å². The molecule has 3 aromatic rings. The average Bonchev–Trinajstić information content (AvgIpc) is 2.92. The number of halogens is 1. The number of hydrogen-bond donors (Lipinski definition) is 2. The fraction of sp³-hybridized carbons (Fsp3) is 0. The molecule has 0 bridgehead atoms. The Labute approximate surface area is 112 Å². The summed E-state index contributed by atoms with van der Waals surface area (Å²) in [5.74, 6) is -0.867. The molecule has 0 saturated carbocycles. The average molecular weight is 272 g/mol. The minimum atomic E-state index is -0.758. The fourth-order valence-corrected chi connectivity index (χ4v) is 1.68. The van der Waals surface area contributed by atoms with Gasteiger partial charge in [-0.15, -0.1) is 0 Å². The predicted octanol–water partition coefficient (Wildman–Crippen LogP) is 2.23. The maximum Gasteiger partial charge on any atom is 0.278 e. The monoisotopic (exact) mass is 272 g/mol. The summed E-state index contributed by atoms with van der Waals surface area (Å²) in [5, 5.41) is 12.9. The largest absolute Gasteiger partial charge is 0.505 e. The molecule has 0 aliphatic carbocycles. The second-order valence-electron chi connectivity index (χ2n) is 4.03. The minimum absolute atomic E-state index is 0.145. The number of phenolic OH excluding ortho intramolecular Hbond substituents is 1. The highest BCUT2D eigenvalue weighted by Crippen LogP contribution is 2.26. The second-order valence-corrected chi connectivity index (χ2v) is 4.03. The van der Waals surface area contributed by atoms with Gasteiger partial charge in [0.2, 0.25) is 5.82 Å². The first-order chi connectivity index (χ1) is 9.65. The molecular formula is C13H9FN4O2. The van der Waals surface area contributed by atoms with Crippen LogP contribution in [0.25, 0.3) is 23.0 Å². The van der Waals surface area contributed by atoms with Crippen LogP contribution in [0.1, 0.15) is 0 Å². The molecule has 6 nitrogen and oxygen atoms in total. The summed E-state index contributed by atoms with van der Waals surface area (Å²) >= 11 is 0. The van der Waals surface area contributed by atoms with Gasteiger partial charge in [0.25, 0.3) is 5.89 Å². The minimum Gasteiger partial charge on any atom is -0.505 e. The van der Waals surface area contributed by atoms with E-state index in [-0.39, 0.29) is 11.7 Å². The molecule has 0 aliphatic rings. The van der Waals surface area contributed by atoms with Crippen molar-refractivity contribution in [2.24, 2.45) is 0 Å². The Morgan fingerprint density at radius 2 is 2.10 bits per heavy atom. The number of anilines is 1. The van der Waals surface area contributed by atoms with E-state index in [1.165, 1.54) is 12.1 Å². The molecule has 0 atom stereocenters. The Morgan fingerprint density at radius 3 is 2.85 bits per heavy atom. The zero-order valence-corrected chi connectivity index (χ0v) is 10.1. The zero-order valence-electron chi connectivity index (χ0n) is 10.1. The lowest BCUT2D eigenvalue weighted by Crippen LogP contribution is -1.92. The van der Waals surface area contributed by atoms with E-state index >= 15 is 0 Å². The molecule has 0 aliphatic heterocycles. The molecule has 2 heterocycles. The van der Waals surface area contributed by atoms with Crippen LogP contribution in [0, 0.1) is 5.82 Å². The van der Waals surface area contributed by atoms with Crippen LogP contribution >= 0.6 is 0 Å². The van der Waals surface area contributed by atoms with Gasteiger partial charge in [0.15, 0.2) is 17.3 Å². The van der Waals surface area contributed by atoms with Gasteiger partial charge in [0.05, 0.1) is 5.69 Å². The van der Waals surface area contributed by atoms with Crippen molar-refractivity contribution in [3.63, 3.8) is 0 Å². The number of aromatic nitrogens is 3. The van der Waals surface area contributed by atoms with Crippen LogP contribution in [0.4, 0.5) is 10.1 Å². The molecule has 0 saturated heterocycles. The van der Waals surface area contributed by atoms with Gasteiger partial charge in [-0.1, -0.05) is 5.16 Å². The molecular weight excluding hydrogens is 263 g/mol. The first kappa shape index (κ1) is 12.1. The van der Waals surface area contributed by atoms with Crippen molar-refractivity contribution < 1.29 is 14.0 Å². The SMILES string of the molecule is Nc1cccnc1-c1nc(-c2ccc(O)c(F)c2)no1. The molecule has 0 amide bonds. The maximum absolute atomic E-state index is 13.3. The Morgan fingerprint density at radius 1 is 1.25 bits per heavy atom. The molecule has 100 valence electrons. The number of benzene rings is 1. The highest BCUT2D eigenvalue weighted by molar-refractivity contribution is 5.67. The molecule has 0 spiro atoms. The van der Waals surface area contributed by atoms with Gasteiger partial charge in [0.1, 0.15) is 0 Å². The third-order valence-electron chi connectivity index (χ3n) is 2.67. The van der Waals surface area contributed by atoms with E-state index in [0.29, 0.717) is 16.9 Å². The molecule has 3 N–H and O–H groups in total. The van der Waals surface area contributed by atoms with E-state index < -0.39 is 11.6 Å². The summed E-state index contributed by atoms with van der Waals surface area (Å²) < 4.78 is 18.4. The number of nitrogens with zero attached hydrogens (tertiary/aromatic N) is 3. The van der Waals surface area contributed by atoms with Crippen molar-refractivity contribution in [3.8, 4) is 28.7 Å². The van der Waals surface area contributed by atoms with E-state index in [0.717, 1.165) is 6.07 Å². The third-order valence-corrected chi connectivity index (χ3v) is 2.67. The summed E-state index contributed by atoms with van der Waals surface area (Å²) in [6.45, 7) is 0. The summed E-state index contributed by atoms with van der Waals surface area (Å²) in [7, 11) is 0. The molecule has 0 fully saturated rings. The Kier molecular flexibility index (Phi) is 2.79. The lowest BCUT2D eigenvalue weighted by Gasteiger charge is -1.97. The first-order valence-corrected chi connectivity index (χ1v) is 5.68. The molecule has 3 rings (SSSR count). The quantitative estimate of drug-likeness (QED) is 0.742. The van der Waals surface area contributed by atoms with Crippen molar-refractivity contribution >= 4 is 5.69 Å². The summed E-state index contributed by atoms with van der Waals surface area (Å²) in [5.41, 5.74) is 6.91. The van der Waals surface area contributed by atoms with Crippen LogP contribution in [-0.2, 0) is 0 Å². The molecule has 2 aromatic heterocycles. The highest BCUT2D eigenvalue weighted by Gasteiger charge is 2.15. The van der Waals surface area contributed by atoms with E-state index in [1.54, 1.807) is 18.3 Å². The Bertz CT molecular complexity index is 773. The summed E-state index contributed by atoms with van der Waals surface area (Å²) in [6, 6.07) is 7.16. The number of nitrogen functional groups attached to an aromatic ring is 1. The zero-order chi connectivity index (χ0) is 14.1. The van der Waals surface area contributed by atoms with Crippen molar-refractivity contribution in [3.05, 3.63) is 42.3 Å². The molecule has 0 radical (unpaired) electrons. The number of aromatic hydroxyl groups is 1. The van der Waals surface area contributed by atoms with Crippen LogP contribution < -0.4 is 5.73 Å². The third kappa shape index (κ3) is 2.05. The van der Waals surface area contributed by atoms with Gasteiger partial charge in [0, 0.05) is 11.8 Å². The molecule has 0 unspecified atom stereocenters. The number of phenols is 1. The number of nitrogens with two attached hydrogens (primary N) is 1. The van der Waals surface area contributed by atoms with E-state index in [1.807, 2.05) is 0 Å². The van der Waals surface area contributed by atoms with Crippen LogP contribution in [-0.4, -0.2) is 20.2 Å². The first-order valence-electron chi connectivity index (χ1n) is 5.68. The van der Waals surface area contributed by atoms with Crippen LogP contribution in [0.2, 0.25) is 0 Å². The van der Waals surface area contributed by atoms with Gasteiger partial charge in [-0.25, -0.2) is 9.37 Å². The second kappa shape index (κ2) is 4.61. The van der Waals surface area contributed by atoms with Crippen molar-refractivity contribution in [2.45, 2.75) is 0 Å². The van der Waals surface area contributed by atoms with Crippen molar-refractivity contribution in [2.75, 3.05) is 5.73 Å². The number of pyridine rings is 1. The van der Waals surface area contributed by atoms with E-state index in [4.69, 9.17) is 15.4 Å². The molecule has 20 heavy (non-hydrogen) atoms. The van der Waals surface area contributed by atoms with Gasteiger partial charge < -0.3 is 15.4 Å². The summed E-state index contributed by atoms with van der Waals surface area (Å²) in [6.07, 6.45) is 1.55. The normalized spacial score (nSPS) is 10.7.